The van der Waals surface area contributed by atoms with Crippen LogP contribution in [0.5, 0.6) is 0 Å². The maximum absolute atomic E-state index is 13.7. The van der Waals surface area contributed by atoms with Gasteiger partial charge in [0.2, 0.25) is 0 Å². The fourth-order valence-electron chi connectivity index (χ4n) is 1.78. The van der Waals surface area contributed by atoms with Gasteiger partial charge in [-0.05, 0) is 13.3 Å². The third-order valence-corrected chi connectivity index (χ3v) is 2.66. The summed E-state index contributed by atoms with van der Waals surface area (Å²) in [5.74, 6) is 0. The van der Waals surface area contributed by atoms with Crippen molar-refractivity contribution in [3.05, 3.63) is 0 Å². The zero-order valence-electron chi connectivity index (χ0n) is 7.42. The van der Waals surface area contributed by atoms with Crippen molar-refractivity contribution < 1.29 is 14.6 Å². The van der Waals surface area contributed by atoms with Gasteiger partial charge in [-0.1, -0.05) is 6.92 Å². The van der Waals surface area contributed by atoms with Gasteiger partial charge < -0.3 is 15.5 Å². The SMILES string of the molecule is CC[C@@H]1N[C@H](CO)[C@@H](O)[C@@]1(C)F. The average Bonchev–Trinajstić information content (AvgIpc) is 2.25. The Hall–Kier alpha value is -0.190. The van der Waals surface area contributed by atoms with E-state index in [0.29, 0.717) is 6.42 Å². The zero-order valence-corrected chi connectivity index (χ0v) is 7.42. The lowest BCUT2D eigenvalue weighted by Crippen LogP contribution is -2.41. The Kier molecular flexibility index (Phi) is 2.70. The van der Waals surface area contributed by atoms with E-state index in [4.69, 9.17) is 5.11 Å². The quantitative estimate of drug-likeness (QED) is 0.548. The Balaban J connectivity index is 2.73. The molecule has 1 aliphatic rings. The Morgan fingerprint density at radius 1 is 1.58 bits per heavy atom. The van der Waals surface area contributed by atoms with Crippen molar-refractivity contribution in [2.75, 3.05) is 6.61 Å². The van der Waals surface area contributed by atoms with Crippen molar-refractivity contribution in [2.24, 2.45) is 0 Å². The molecule has 1 fully saturated rings. The van der Waals surface area contributed by atoms with Gasteiger partial charge in [-0.2, -0.15) is 0 Å². The zero-order chi connectivity index (χ0) is 9.35. The van der Waals surface area contributed by atoms with Crippen LogP contribution in [0, 0.1) is 0 Å². The fraction of sp³-hybridized carbons (Fsp3) is 1.00. The highest BCUT2D eigenvalue weighted by atomic mass is 19.1. The molecule has 0 amide bonds. The Bertz CT molecular complexity index is 159. The molecular weight excluding hydrogens is 161 g/mol. The highest BCUT2D eigenvalue weighted by Crippen LogP contribution is 2.31. The second-order valence-electron chi connectivity index (χ2n) is 3.51. The minimum Gasteiger partial charge on any atom is -0.395 e. The molecule has 1 aliphatic heterocycles. The summed E-state index contributed by atoms with van der Waals surface area (Å²) in [4.78, 5) is 0. The van der Waals surface area contributed by atoms with E-state index in [2.05, 4.69) is 5.32 Å². The van der Waals surface area contributed by atoms with Gasteiger partial charge in [-0.3, -0.25) is 0 Å². The summed E-state index contributed by atoms with van der Waals surface area (Å²) in [6.45, 7) is 2.99. The van der Waals surface area contributed by atoms with Gasteiger partial charge in [-0.15, -0.1) is 0 Å². The molecule has 0 radical (unpaired) electrons. The number of alkyl halides is 1. The normalized spacial score (nSPS) is 48.2. The lowest BCUT2D eigenvalue weighted by molar-refractivity contribution is 0.00491. The first-order valence-corrected chi connectivity index (χ1v) is 4.28. The van der Waals surface area contributed by atoms with E-state index in [0.717, 1.165) is 0 Å². The Morgan fingerprint density at radius 2 is 2.17 bits per heavy atom. The van der Waals surface area contributed by atoms with Gasteiger partial charge in [0.1, 0.15) is 6.10 Å². The molecule has 1 rings (SSSR count). The molecule has 0 aliphatic carbocycles. The molecule has 4 heteroatoms. The molecule has 0 aromatic rings. The smallest absolute Gasteiger partial charge is 0.150 e. The molecule has 3 N–H and O–H groups in total. The summed E-state index contributed by atoms with van der Waals surface area (Å²) < 4.78 is 13.7. The molecule has 0 bridgehead atoms. The molecular formula is C8H16FNO2. The summed E-state index contributed by atoms with van der Waals surface area (Å²) in [7, 11) is 0. The molecule has 0 aromatic carbocycles. The lowest BCUT2D eigenvalue weighted by atomic mass is 9.93. The van der Waals surface area contributed by atoms with Gasteiger partial charge in [-0.25, -0.2) is 4.39 Å². The van der Waals surface area contributed by atoms with Crippen molar-refractivity contribution >= 4 is 0 Å². The second-order valence-corrected chi connectivity index (χ2v) is 3.51. The fourth-order valence-corrected chi connectivity index (χ4v) is 1.78. The van der Waals surface area contributed by atoms with Crippen LogP contribution in [0.3, 0.4) is 0 Å². The van der Waals surface area contributed by atoms with Crippen molar-refractivity contribution in [3.63, 3.8) is 0 Å². The third-order valence-electron chi connectivity index (χ3n) is 2.66. The number of halogens is 1. The maximum atomic E-state index is 13.7. The minimum atomic E-state index is -1.62. The van der Waals surface area contributed by atoms with E-state index in [1.807, 2.05) is 6.92 Å². The van der Waals surface area contributed by atoms with Gasteiger partial charge >= 0.3 is 0 Å². The Morgan fingerprint density at radius 3 is 2.42 bits per heavy atom. The van der Waals surface area contributed by atoms with Crippen molar-refractivity contribution in [1.82, 2.24) is 5.32 Å². The summed E-state index contributed by atoms with van der Waals surface area (Å²) in [6, 6.07) is -0.880. The molecule has 3 nitrogen and oxygen atoms in total. The highest BCUT2D eigenvalue weighted by molar-refractivity contribution is 5.06. The number of aliphatic hydroxyl groups excluding tert-OH is 2. The molecule has 0 spiro atoms. The van der Waals surface area contributed by atoms with E-state index in [9.17, 15) is 9.50 Å². The van der Waals surface area contributed by atoms with Crippen LogP contribution in [0.4, 0.5) is 4.39 Å². The van der Waals surface area contributed by atoms with Crippen LogP contribution in [0.1, 0.15) is 20.3 Å². The Labute approximate surface area is 71.6 Å². The molecule has 1 saturated heterocycles. The topological polar surface area (TPSA) is 52.5 Å². The average molecular weight is 177 g/mol. The standard InChI is InChI=1S/C8H16FNO2/c1-3-6-8(2,9)7(12)5(4-11)10-6/h5-7,10-12H,3-4H2,1-2H3/t5-,6+,7-,8+/m1/s1. The van der Waals surface area contributed by atoms with E-state index in [-0.39, 0.29) is 12.6 Å². The van der Waals surface area contributed by atoms with E-state index < -0.39 is 17.8 Å². The van der Waals surface area contributed by atoms with Gasteiger partial charge in [0.15, 0.2) is 5.67 Å². The first-order chi connectivity index (χ1) is 5.54. The first kappa shape index (κ1) is 9.89. The third kappa shape index (κ3) is 1.34. The van der Waals surface area contributed by atoms with E-state index in [1.54, 1.807) is 0 Å². The van der Waals surface area contributed by atoms with Crippen molar-refractivity contribution in [1.29, 1.82) is 0 Å². The second kappa shape index (κ2) is 3.28. The van der Waals surface area contributed by atoms with E-state index in [1.165, 1.54) is 6.92 Å². The summed E-state index contributed by atoms with van der Waals surface area (Å²) in [5.41, 5.74) is -1.62. The van der Waals surface area contributed by atoms with Crippen LogP contribution >= 0.6 is 0 Å². The van der Waals surface area contributed by atoms with Crippen molar-refractivity contribution in [3.8, 4) is 0 Å². The van der Waals surface area contributed by atoms with Gasteiger partial charge in [0, 0.05) is 6.04 Å². The van der Waals surface area contributed by atoms with Crippen LogP contribution in [0.15, 0.2) is 0 Å². The molecule has 4 atom stereocenters. The largest absolute Gasteiger partial charge is 0.395 e. The summed E-state index contributed by atoms with van der Waals surface area (Å²) in [5, 5.41) is 21.1. The summed E-state index contributed by atoms with van der Waals surface area (Å²) in [6.07, 6.45) is -0.493. The highest BCUT2D eigenvalue weighted by Gasteiger charge is 2.50. The van der Waals surface area contributed by atoms with Gasteiger partial charge in [0.25, 0.3) is 0 Å². The van der Waals surface area contributed by atoms with Crippen LogP contribution in [-0.2, 0) is 0 Å². The first-order valence-electron chi connectivity index (χ1n) is 4.28. The molecule has 12 heavy (non-hydrogen) atoms. The number of aliphatic hydroxyl groups is 2. The monoisotopic (exact) mass is 177 g/mol. The molecule has 72 valence electrons. The van der Waals surface area contributed by atoms with Crippen molar-refractivity contribution in [2.45, 2.75) is 44.1 Å². The molecule has 0 unspecified atom stereocenters. The maximum Gasteiger partial charge on any atom is 0.150 e. The predicted molar refractivity (Wildman–Crippen MR) is 43.6 cm³/mol. The number of nitrogens with one attached hydrogen (secondary N) is 1. The van der Waals surface area contributed by atoms with Crippen LogP contribution in [0.2, 0.25) is 0 Å². The number of hydrogen-bond acceptors (Lipinski definition) is 3. The number of rotatable bonds is 2. The van der Waals surface area contributed by atoms with Crippen LogP contribution < -0.4 is 5.32 Å². The van der Waals surface area contributed by atoms with Gasteiger partial charge in [0.05, 0.1) is 12.6 Å². The summed E-state index contributed by atoms with van der Waals surface area (Å²) >= 11 is 0. The predicted octanol–water partition coefficient (Wildman–Crippen LogP) is -0.182. The molecule has 1 heterocycles. The minimum absolute atomic E-state index is 0.225. The molecule has 0 saturated carbocycles. The van der Waals surface area contributed by atoms with Crippen LogP contribution in [-0.4, -0.2) is 40.7 Å². The van der Waals surface area contributed by atoms with Crippen LogP contribution in [0.25, 0.3) is 0 Å². The lowest BCUT2D eigenvalue weighted by Gasteiger charge is -2.23. The molecule has 0 aromatic heterocycles. The van der Waals surface area contributed by atoms with E-state index >= 15 is 0 Å². The number of hydrogen-bond donors (Lipinski definition) is 3.